The summed E-state index contributed by atoms with van der Waals surface area (Å²) in [5.74, 6) is 1.12. The lowest BCUT2D eigenvalue weighted by atomic mass is 9.94. The lowest BCUT2D eigenvalue weighted by Crippen LogP contribution is -1.94. The van der Waals surface area contributed by atoms with Crippen molar-refractivity contribution in [1.82, 2.24) is 14.5 Å². The second-order valence-corrected chi connectivity index (χ2v) is 18.1. The van der Waals surface area contributed by atoms with Crippen molar-refractivity contribution in [1.29, 1.82) is 0 Å². The van der Waals surface area contributed by atoms with E-state index in [1.807, 2.05) is 24.3 Å². The molecule has 0 N–H and O–H groups in total. The second-order valence-electron chi connectivity index (χ2n) is 18.1. The monoisotopic (exact) mass is 907 g/mol. The van der Waals surface area contributed by atoms with Gasteiger partial charge in [-0.2, -0.15) is 0 Å². The highest BCUT2D eigenvalue weighted by atomic mass is 16.4. The molecule has 11 aromatic carbocycles. The minimum Gasteiger partial charge on any atom is -0.436 e. The normalized spacial score (nSPS) is 11.7. The molecule has 0 unspecified atom stereocenters. The van der Waals surface area contributed by atoms with Crippen molar-refractivity contribution in [2.75, 3.05) is 0 Å². The number of nitrogens with zero attached hydrogens (tertiary/aromatic N) is 3. The zero-order valence-corrected chi connectivity index (χ0v) is 38.3. The first-order chi connectivity index (χ1) is 35.1. The van der Waals surface area contributed by atoms with Crippen LogP contribution in [0.5, 0.6) is 0 Å². The highest BCUT2D eigenvalue weighted by molar-refractivity contribution is 6.11. The minimum absolute atomic E-state index is 0.560. The van der Waals surface area contributed by atoms with Crippen LogP contribution in [0, 0.1) is 0 Å². The van der Waals surface area contributed by atoms with E-state index in [1.54, 1.807) is 0 Å². The van der Waals surface area contributed by atoms with Crippen molar-refractivity contribution in [2.24, 2.45) is 0 Å². The van der Waals surface area contributed by atoms with Gasteiger partial charge in [-0.1, -0.05) is 170 Å². The van der Waals surface area contributed by atoms with Crippen molar-refractivity contribution in [3.8, 4) is 84.2 Å². The molecule has 5 heteroatoms. The Kier molecular flexibility index (Phi) is 9.46. The van der Waals surface area contributed by atoms with Crippen LogP contribution in [-0.4, -0.2) is 14.5 Å². The van der Waals surface area contributed by atoms with E-state index in [-0.39, 0.29) is 0 Å². The van der Waals surface area contributed by atoms with Crippen molar-refractivity contribution >= 4 is 54.8 Å². The molecular formula is C66H41N3O2. The molecule has 0 radical (unpaired) electrons. The largest absolute Gasteiger partial charge is 0.436 e. The Balaban J connectivity index is 0.926. The van der Waals surface area contributed by atoms with Crippen LogP contribution in [0.25, 0.3) is 139 Å². The van der Waals surface area contributed by atoms with Gasteiger partial charge in [-0.15, -0.1) is 0 Å². The standard InChI is InChI=1S/C66H41N3O2/c1-5-16-44(17-6-1)53-38-59-63(40-55(53)46-20-9-3-10-21-46)70-65(67-59)50-29-33-61-57(36-50)58-37-51(30-34-62(58)69(61)52-31-27-43(28-32-52)49-26-25-42-15-13-14-24-48(42)35-49)66-68-60-39-54(45-18-7-2-8-19-45)56(41-64(60)71-66)47-22-11-4-12-23-47/h1-41H. The molecule has 0 amide bonds. The third-order valence-electron chi connectivity index (χ3n) is 13.9. The third kappa shape index (κ3) is 7.10. The fourth-order valence-corrected chi connectivity index (χ4v) is 10.4. The predicted molar refractivity (Wildman–Crippen MR) is 291 cm³/mol. The van der Waals surface area contributed by atoms with Gasteiger partial charge in [0.1, 0.15) is 11.0 Å². The van der Waals surface area contributed by atoms with Gasteiger partial charge in [0.15, 0.2) is 11.2 Å². The fourth-order valence-electron chi connectivity index (χ4n) is 10.4. The Morgan fingerprint density at radius 1 is 0.282 bits per heavy atom. The molecule has 0 bridgehead atoms. The highest BCUT2D eigenvalue weighted by Gasteiger charge is 2.21. The highest BCUT2D eigenvalue weighted by Crippen LogP contribution is 2.42. The average Bonchev–Trinajstić information content (AvgIpc) is 4.16. The fraction of sp³-hybridized carbons (Fsp3) is 0. The van der Waals surface area contributed by atoms with Crippen LogP contribution in [0.2, 0.25) is 0 Å². The summed E-state index contributed by atoms with van der Waals surface area (Å²) in [5.41, 5.74) is 19.3. The van der Waals surface area contributed by atoms with Gasteiger partial charge in [0, 0.05) is 27.6 Å². The lowest BCUT2D eigenvalue weighted by molar-refractivity contribution is 0.619. The first kappa shape index (κ1) is 40.5. The van der Waals surface area contributed by atoms with E-state index < -0.39 is 0 Å². The molecule has 0 aliphatic heterocycles. The van der Waals surface area contributed by atoms with E-state index in [0.29, 0.717) is 11.8 Å². The Hall–Kier alpha value is -9.58. The van der Waals surface area contributed by atoms with Crippen LogP contribution < -0.4 is 0 Å². The van der Waals surface area contributed by atoms with Crippen LogP contribution in [0.3, 0.4) is 0 Å². The van der Waals surface area contributed by atoms with Crippen LogP contribution >= 0.6 is 0 Å². The molecule has 0 aliphatic carbocycles. The van der Waals surface area contributed by atoms with Gasteiger partial charge < -0.3 is 13.4 Å². The van der Waals surface area contributed by atoms with E-state index in [4.69, 9.17) is 18.8 Å². The van der Waals surface area contributed by atoms with Crippen molar-refractivity contribution < 1.29 is 8.83 Å². The van der Waals surface area contributed by atoms with E-state index >= 15 is 0 Å². The summed E-state index contributed by atoms with van der Waals surface area (Å²) in [4.78, 5) is 10.3. The average molecular weight is 908 g/mol. The number of hydrogen-bond donors (Lipinski definition) is 0. The van der Waals surface area contributed by atoms with E-state index in [2.05, 4.69) is 229 Å². The van der Waals surface area contributed by atoms with Gasteiger partial charge in [0.2, 0.25) is 11.8 Å². The van der Waals surface area contributed by atoms with Crippen molar-refractivity contribution in [3.05, 3.63) is 249 Å². The molecule has 0 atom stereocenters. The van der Waals surface area contributed by atoms with Gasteiger partial charge in [0.05, 0.1) is 11.0 Å². The van der Waals surface area contributed by atoms with Gasteiger partial charge >= 0.3 is 0 Å². The molecule has 3 heterocycles. The van der Waals surface area contributed by atoms with E-state index in [9.17, 15) is 0 Å². The summed E-state index contributed by atoms with van der Waals surface area (Å²) in [6.45, 7) is 0. The first-order valence-corrected chi connectivity index (χ1v) is 23.9. The molecule has 0 saturated heterocycles. The summed E-state index contributed by atoms with van der Waals surface area (Å²) in [6.07, 6.45) is 0. The summed E-state index contributed by atoms with van der Waals surface area (Å²) < 4.78 is 15.8. The number of fused-ring (bicyclic) bond motifs is 6. The summed E-state index contributed by atoms with van der Waals surface area (Å²) in [7, 11) is 0. The zero-order chi connectivity index (χ0) is 46.8. The first-order valence-electron chi connectivity index (χ1n) is 23.9. The number of hydrogen-bond acceptors (Lipinski definition) is 4. The number of rotatable bonds is 8. The molecule has 0 aliphatic rings. The number of benzene rings is 11. The van der Waals surface area contributed by atoms with E-state index in [1.165, 1.54) is 16.3 Å². The maximum absolute atomic E-state index is 6.71. The summed E-state index contributed by atoms with van der Waals surface area (Å²) in [5, 5.41) is 4.57. The maximum Gasteiger partial charge on any atom is 0.227 e. The third-order valence-corrected chi connectivity index (χ3v) is 13.9. The number of aromatic nitrogens is 3. The molecule has 0 fully saturated rings. The van der Waals surface area contributed by atoms with E-state index in [0.717, 1.165) is 111 Å². The van der Waals surface area contributed by atoms with Crippen LogP contribution in [-0.2, 0) is 0 Å². The van der Waals surface area contributed by atoms with Gasteiger partial charge in [0.25, 0.3) is 0 Å². The summed E-state index contributed by atoms with van der Waals surface area (Å²) >= 11 is 0. The zero-order valence-electron chi connectivity index (χ0n) is 38.3. The maximum atomic E-state index is 6.71. The second kappa shape index (κ2) is 16.6. The Morgan fingerprint density at radius 2 is 0.676 bits per heavy atom. The van der Waals surface area contributed by atoms with Crippen molar-refractivity contribution in [2.45, 2.75) is 0 Å². The van der Waals surface area contributed by atoms with Crippen molar-refractivity contribution in [3.63, 3.8) is 0 Å². The Bertz CT molecular complexity index is 3930. The molecule has 332 valence electrons. The number of oxazole rings is 2. The van der Waals surface area contributed by atoms with Crippen LogP contribution in [0.4, 0.5) is 0 Å². The topological polar surface area (TPSA) is 57.0 Å². The quantitative estimate of drug-likeness (QED) is 0.152. The molecule has 71 heavy (non-hydrogen) atoms. The molecule has 5 nitrogen and oxygen atoms in total. The lowest BCUT2D eigenvalue weighted by Gasteiger charge is -2.10. The molecule has 3 aromatic heterocycles. The molecule has 0 spiro atoms. The molecule has 0 saturated carbocycles. The Morgan fingerprint density at radius 3 is 1.14 bits per heavy atom. The predicted octanol–water partition coefficient (Wildman–Crippen LogP) is 17.9. The SMILES string of the molecule is c1ccc(-c2cc3nc(-c4ccc5c(c4)c4cc(-c6nc7cc(-c8ccccc8)c(-c8ccccc8)cc7o6)ccc4n5-c4ccc(-c5ccc6ccccc6c5)cc4)oc3cc2-c2ccccc2)cc1. The molecule has 14 aromatic rings. The van der Waals surface area contributed by atoms with Gasteiger partial charge in [-0.3, -0.25) is 0 Å². The van der Waals surface area contributed by atoms with Crippen LogP contribution in [0.15, 0.2) is 258 Å². The van der Waals surface area contributed by atoms with Crippen LogP contribution in [0.1, 0.15) is 0 Å². The minimum atomic E-state index is 0.560. The molecule has 14 rings (SSSR count). The summed E-state index contributed by atoms with van der Waals surface area (Å²) in [6, 6.07) is 87.6. The molecular weight excluding hydrogens is 867 g/mol. The van der Waals surface area contributed by atoms with Gasteiger partial charge in [-0.05, 0) is 145 Å². The smallest absolute Gasteiger partial charge is 0.227 e. The Labute approximate surface area is 409 Å². The van der Waals surface area contributed by atoms with Gasteiger partial charge in [-0.25, -0.2) is 9.97 Å².